The monoisotopic (exact) mass is 325 g/mol. The molecule has 0 aromatic heterocycles. The van der Waals surface area contributed by atoms with Gasteiger partial charge in [-0.05, 0) is 24.3 Å². The SMILES string of the molecule is CN(C)C(=O)C1CCN(C(=O)Nc2cccc3ccccc23)CC1. The van der Waals surface area contributed by atoms with E-state index in [0.717, 1.165) is 29.3 Å². The highest BCUT2D eigenvalue weighted by molar-refractivity contribution is 6.01. The van der Waals surface area contributed by atoms with Crippen molar-refractivity contribution in [1.82, 2.24) is 9.80 Å². The second-order valence-electron chi connectivity index (χ2n) is 6.45. The lowest BCUT2D eigenvalue weighted by Crippen LogP contribution is -2.44. The van der Waals surface area contributed by atoms with E-state index in [9.17, 15) is 9.59 Å². The summed E-state index contributed by atoms with van der Waals surface area (Å²) in [6.07, 6.45) is 1.44. The third-order valence-corrected chi connectivity index (χ3v) is 4.60. The van der Waals surface area contributed by atoms with Crippen molar-refractivity contribution in [3.8, 4) is 0 Å². The van der Waals surface area contributed by atoms with Gasteiger partial charge >= 0.3 is 6.03 Å². The van der Waals surface area contributed by atoms with Crippen molar-refractivity contribution in [2.24, 2.45) is 5.92 Å². The van der Waals surface area contributed by atoms with E-state index in [0.29, 0.717) is 13.1 Å². The van der Waals surface area contributed by atoms with E-state index in [1.807, 2.05) is 42.5 Å². The molecule has 2 aromatic rings. The molecule has 126 valence electrons. The van der Waals surface area contributed by atoms with Crippen LogP contribution in [0.25, 0.3) is 10.8 Å². The van der Waals surface area contributed by atoms with Gasteiger partial charge < -0.3 is 15.1 Å². The molecule has 3 amide bonds. The van der Waals surface area contributed by atoms with Gasteiger partial charge in [-0.1, -0.05) is 36.4 Å². The maximum atomic E-state index is 12.5. The molecule has 0 bridgehead atoms. The van der Waals surface area contributed by atoms with E-state index in [1.165, 1.54) is 0 Å². The number of piperidine rings is 1. The number of likely N-dealkylation sites (tertiary alicyclic amines) is 1. The van der Waals surface area contributed by atoms with Crippen LogP contribution in [0.15, 0.2) is 42.5 Å². The van der Waals surface area contributed by atoms with Crippen molar-refractivity contribution in [1.29, 1.82) is 0 Å². The lowest BCUT2D eigenvalue weighted by Gasteiger charge is -2.32. The summed E-state index contributed by atoms with van der Waals surface area (Å²) in [7, 11) is 3.56. The fraction of sp³-hybridized carbons (Fsp3) is 0.368. The molecule has 0 spiro atoms. The molecule has 1 heterocycles. The highest BCUT2D eigenvalue weighted by Crippen LogP contribution is 2.24. The van der Waals surface area contributed by atoms with E-state index in [4.69, 9.17) is 0 Å². The van der Waals surface area contributed by atoms with E-state index in [1.54, 1.807) is 23.9 Å². The first-order valence-electron chi connectivity index (χ1n) is 8.31. The number of carbonyl (C=O) groups is 2. The van der Waals surface area contributed by atoms with E-state index >= 15 is 0 Å². The van der Waals surface area contributed by atoms with Crippen LogP contribution in [-0.4, -0.2) is 48.9 Å². The molecule has 1 fully saturated rings. The first kappa shape index (κ1) is 16.3. The summed E-state index contributed by atoms with van der Waals surface area (Å²) in [5, 5.41) is 5.15. The fourth-order valence-corrected chi connectivity index (χ4v) is 3.22. The maximum Gasteiger partial charge on any atom is 0.321 e. The number of benzene rings is 2. The molecule has 24 heavy (non-hydrogen) atoms. The minimum Gasteiger partial charge on any atom is -0.349 e. The van der Waals surface area contributed by atoms with Crippen molar-refractivity contribution in [2.75, 3.05) is 32.5 Å². The minimum atomic E-state index is -0.0953. The van der Waals surface area contributed by atoms with Crippen molar-refractivity contribution in [3.05, 3.63) is 42.5 Å². The summed E-state index contributed by atoms with van der Waals surface area (Å²) in [4.78, 5) is 28.0. The summed E-state index contributed by atoms with van der Waals surface area (Å²) in [6, 6.07) is 13.8. The summed E-state index contributed by atoms with van der Waals surface area (Å²) < 4.78 is 0. The number of carbonyl (C=O) groups excluding carboxylic acids is 2. The van der Waals surface area contributed by atoms with E-state index < -0.39 is 0 Å². The summed E-state index contributed by atoms with van der Waals surface area (Å²) in [6.45, 7) is 1.22. The molecular weight excluding hydrogens is 302 g/mol. The van der Waals surface area contributed by atoms with Crippen molar-refractivity contribution >= 4 is 28.4 Å². The zero-order chi connectivity index (χ0) is 17.1. The first-order valence-corrected chi connectivity index (χ1v) is 8.31. The Balaban J connectivity index is 1.65. The summed E-state index contributed by atoms with van der Waals surface area (Å²) in [5.41, 5.74) is 0.824. The second-order valence-corrected chi connectivity index (χ2v) is 6.45. The number of nitrogens with zero attached hydrogens (tertiary/aromatic N) is 2. The largest absolute Gasteiger partial charge is 0.349 e. The van der Waals surface area contributed by atoms with Crippen molar-refractivity contribution in [2.45, 2.75) is 12.8 Å². The van der Waals surface area contributed by atoms with Crippen LogP contribution in [0.5, 0.6) is 0 Å². The molecule has 1 aliphatic heterocycles. The summed E-state index contributed by atoms with van der Waals surface area (Å²) in [5.74, 6) is 0.186. The zero-order valence-corrected chi connectivity index (χ0v) is 14.2. The Morgan fingerprint density at radius 1 is 1.04 bits per heavy atom. The molecule has 0 atom stereocenters. The van der Waals surface area contributed by atoms with Gasteiger partial charge in [0.15, 0.2) is 0 Å². The number of anilines is 1. The molecule has 1 aliphatic rings. The minimum absolute atomic E-state index is 0.0293. The third-order valence-electron chi connectivity index (χ3n) is 4.60. The number of fused-ring (bicyclic) bond motifs is 1. The number of hydrogen-bond acceptors (Lipinski definition) is 2. The van der Waals surface area contributed by atoms with Crippen LogP contribution in [0.2, 0.25) is 0 Å². The number of nitrogens with one attached hydrogen (secondary N) is 1. The van der Waals surface area contributed by atoms with Crippen molar-refractivity contribution < 1.29 is 9.59 Å². The smallest absolute Gasteiger partial charge is 0.321 e. The van der Waals surface area contributed by atoms with Gasteiger partial charge in [-0.15, -0.1) is 0 Å². The second kappa shape index (κ2) is 6.91. The van der Waals surface area contributed by atoms with Gasteiger partial charge in [0.2, 0.25) is 5.91 Å². The standard InChI is InChI=1S/C19H23N3O2/c1-21(2)18(23)15-10-12-22(13-11-15)19(24)20-17-9-5-7-14-6-3-4-8-16(14)17/h3-9,15H,10-13H2,1-2H3,(H,20,24). The van der Waals surface area contributed by atoms with Crippen LogP contribution in [0, 0.1) is 5.92 Å². The maximum absolute atomic E-state index is 12.5. The Bertz CT molecular complexity index is 744. The van der Waals surface area contributed by atoms with Crippen LogP contribution >= 0.6 is 0 Å². The molecular formula is C19H23N3O2. The van der Waals surface area contributed by atoms with Gasteiger partial charge in [0, 0.05) is 38.5 Å². The Morgan fingerprint density at radius 2 is 1.71 bits per heavy atom. The first-order chi connectivity index (χ1) is 11.6. The van der Waals surface area contributed by atoms with Crippen LogP contribution in [0.1, 0.15) is 12.8 Å². The Kier molecular flexibility index (Phi) is 4.69. The number of hydrogen-bond donors (Lipinski definition) is 1. The highest BCUT2D eigenvalue weighted by atomic mass is 16.2. The average molecular weight is 325 g/mol. The number of amides is 3. The third kappa shape index (κ3) is 3.35. The molecule has 0 unspecified atom stereocenters. The fourth-order valence-electron chi connectivity index (χ4n) is 3.22. The van der Waals surface area contributed by atoms with E-state index in [-0.39, 0.29) is 17.9 Å². The van der Waals surface area contributed by atoms with Gasteiger partial charge in [-0.2, -0.15) is 0 Å². The molecule has 1 saturated heterocycles. The van der Waals surface area contributed by atoms with Gasteiger partial charge in [0.1, 0.15) is 0 Å². The zero-order valence-electron chi connectivity index (χ0n) is 14.2. The number of rotatable bonds is 2. The quantitative estimate of drug-likeness (QED) is 0.922. The average Bonchev–Trinajstić information content (AvgIpc) is 2.61. The number of urea groups is 1. The van der Waals surface area contributed by atoms with Crippen LogP contribution in [0.4, 0.5) is 10.5 Å². The molecule has 2 aromatic carbocycles. The van der Waals surface area contributed by atoms with Gasteiger partial charge in [-0.3, -0.25) is 4.79 Å². The Labute approximate surface area is 142 Å². The Hall–Kier alpha value is -2.56. The predicted octanol–water partition coefficient (Wildman–Crippen LogP) is 3.17. The molecule has 0 aliphatic carbocycles. The highest BCUT2D eigenvalue weighted by Gasteiger charge is 2.28. The molecule has 3 rings (SSSR count). The van der Waals surface area contributed by atoms with Crippen molar-refractivity contribution in [3.63, 3.8) is 0 Å². The molecule has 5 nitrogen and oxygen atoms in total. The van der Waals surface area contributed by atoms with Crippen LogP contribution < -0.4 is 5.32 Å². The lowest BCUT2D eigenvalue weighted by atomic mass is 9.96. The summed E-state index contributed by atoms with van der Waals surface area (Å²) >= 11 is 0. The normalized spacial score (nSPS) is 15.3. The molecule has 0 radical (unpaired) electrons. The van der Waals surface area contributed by atoms with Gasteiger partial charge in [-0.25, -0.2) is 4.79 Å². The van der Waals surface area contributed by atoms with Crippen LogP contribution in [0.3, 0.4) is 0 Å². The molecule has 5 heteroatoms. The topological polar surface area (TPSA) is 52.7 Å². The molecule has 1 N–H and O–H groups in total. The van der Waals surface area contributed by atoms with Crippen LogP contribution in [-0.2, 0) is 4.79 Å². The van der Waals surface area contributed by atoms with Gasteiger partial charge in [0.25, 0.3) is 0 Å². The van der Waals surface area contributed by atoms with E-state index in [2.05, 4.69) is 5.32 Å². The Morgan fingerprint density at radius 3 is 2.42 bits per heavy atom. The van der Waals surface area contributed by atoms with Gasteiger partial charge in [0.05, 0.1) is 5.69 Å². The predicted molar refractivity (Wildman–Crippen MR) is 96.0 cm³/mol. The lowest BCUT2D eigenvalue weighted by molar-refractivity contribution is -0.134. The molecule has 0 saturated carbocycles.